The molecule has 0 unspecified atom stereocenters. The Morgan fingerprint density at radius 2 is 2.23 bits per heavy atom. The van der Waals surface area contributed by atoms with Crippen LogP contribution >= 0.6 is 11.3 Å². The van der Waals surface area contributed by atoms with Crippen molar-refractivity contribution in [2.24, 2.45) is 11.7 Å². The van der Waals surface area contributed by atoms with E-state index in [0.717, 1.165) is 5.00 Å². The Balaban J connectivity index is 2.34. The number of imidazole rings is 1. The minimum Gasteiger partial charge on any atom is -0.364 e. The highest BCUT2D eigenvalue weighted by Gasteiger charge is 2.20. The smallest absolute Gasteiger partial charge is 0.333 e. The van der Waals surface area contributed by atoms with E-state index in [1.807, 2.05) is 31.4 Å². The Kier molecular flexibility index (Phi) is 3.53. The fourth-order valence-electron chi connectivity index (χ4n) is 2.27. The summed E-state index contributed by atoms with van der Waals surface area (Å²) in [4.78, 5) is 35.2. The van der Waals surface area contributed by atoms with Gasteiger partial charge in [0.2, 0.25) is 0 Å². The number of H-pyrrole nitrogens is 1. The summed E-state index contributed by atoms with van der Waals surface area (Å²) in [5, 5.41) is 2.59. The Bertz CT molecular complexity index is 892. The zero-order valence-corrected chi connectivity index (χ0v) is 13.0. The molecule has 3 N–H and O–H groups in total. The van der Waals surface area contributed by atoms with Crippen LogP contribution in [0.1, 0.15) is 30.2 Å². The van der Waals surface area contributed by atoms with Crippen molar-refractivity contribution >= 4 is 28.4 Å². The first kappa shape index (κ1) is 14.5. The highest BCUT2D eigenvalue weighted by Crippen LogP contribution is 2.20. The molecule has 0 atom stereocenters. The van der Waals surface area contributed by atoms with E-state index in [-0.39, 0.29) is 16.9 Å². The molecule has 3 aromatic rings. The lowest BCUT2D eigenvalue weighted by Crippen LogP contribution is -2.16. The second-order valence-electron chi connectivity index (χ2n) is 5.37. The lowest BCUT2D eigenvalue weighted by Gasteiger charge is -2.06. The van der Waals surface area contributed by atoms with Crippen LogP contribution < -0.4 is 11.4 Å². The zero-order valence-electron chi connectivity index (χ0n) is 12.2. The molecular formula is C14H15N5O2S. The minimum atomic E-state index is -0.683. The normalized spacial score (nSPS) is 11.4. The molecule has 114 valence electrons. The summed E-state index contributed by atoms with van der Waals surface area (Å²) in [6, 6.07) is 3.66. The van der Waals surface area contributed by atoms with Crippen LogP contribution in [0.4, 0.5) is 0 Å². The monoisotopic (exact) mass is 317 g/mol. The van der Waals surface area contributed by atoms with Gasteiger partial charge in [-0.25, -0.2) is 19.3 Å². The molecule has 1 amide bonds. The Morgan fingerprint density at radius 1 is 1.45 bits per heavy atom. The SMILES string of the molecule is CC(C)Cc1nc(C(N)=O)c2[nH]c(=O)n(-c3cccs3)c2n1. The zero-order chi connectivity index (χ0) is 15.9. The highest BCUT2D eigenvalue weighted by molar-refractivity contribution is 7.12. The standard InChI is InChI=1S/C14H15N5O2S/c1-7(2)6-8-16-10(12(15)20)11-13(17-8)19(14(21)18-11)9-4-3-5-22-9/h3-5,7H,6H2,1-2H3,(H2,15,20)(H,18,21). The Labute approximate surface area is 129 Å². The average Bonchev–Trinajstić information content (AvgIpc) is 3.03. The summed E-state index contributed by atoms with van der Waals surface area (Å²) in [6.45, 7) is 4.06. The van der Waals surface area contributed by atoms with E-state index in [2.05, 4.69) is 15.0 Å². The van der Waals surface area contributed by atoms with Crippen LogP contribution in [0, 0.1) is 5.92 Å². The van der Waals surface area contributed by atoms with E-state index in [1.54, 1.807) is 0 Å². The van der Waals surface area contributed by atoms with Gasteiger partial charge in [-0.3, -0.25) is 4.79 Å². The largest absolute Gasteiger partial charge is 0.364 e. The molecule has 0 spiro atoms. The number of nitrogens with two attached hydrogens (primary N) is 1. The average molecular weight is 317 g/mol. The first-order valence-corrected chi connectivity index (χ1v) is 7.70. The summed E-state index contributed by atoms with van der Waals surface area (Å²) >= 11 is 1.41. The van der Waals surface area contributed by atoms with Crippen LogP contribution in [-0.2, 0) is 6.42 Å². The topological polar surface area (TPSA) is 107 Å². The number of nitrogens with one attached hydrogen (secondary N) is 1. The molecule has 0 bridgehead atoms. The van der Waals surface area contributed by atoms with Crippen LogP contribution in [0.2, 0.25) is 0 Å². The van der Waals surface area contributed by atoms with E-state index in [0.29, 0.717) is 23.8 Å². The van der Waals surface area contributed by atoms with Gasteiger partial charge in [-0.2, -0.15) is 0 Å². The van der Waals surface area contributed by atoms with E-state index < -0.39 is 5.91 Å². The molecule has 0 radical (unpaired) electrons. The molecule has 3 aromatic heterocycles. The lowest BCUT2D eigenvalue weighted by atomic mass is 10.1. The molecule has 3 rings (SSSR count). The maximum Gasteiger partial charge on any atom is 0.333 e. The number of nitrogens with zero attached hydrogens (tertiary/aromatic N) is 3. The number of aromatic amines is 1. The number of amides is 1. The summed E-state index contributed by atoms with van der Waals surface area (Å²) in [5.41, 5.74) is 5.74. The molecule has 0 aliphatic carbocycles. The molecular weight excluding hydrogens is 302 g/mol. The van der Waals surface area contributed by atoms with E-state index in [9.17, 15) is 9.59 Å². The molecule has 0 aliphatic rings. The van der Waals surface area contributed by atoms with Crippen LogP contribution in [0.15, 0.2) is 22.3 Å². The van der Waals surface area contributed by atoms with Crippen LogP contribution in [0.3, 0.4) is 0 Å². The third-order valence-electron chi connectivity index (χ3n) is 3.13. The third kappa shape index (κ3) is 2.41. The Morgan fingerprint density at radius 3 is 2.82 bits per heavy atom. The number of carbonyl (C=O) groups excluding carboxylic acids is 1. The van der Waals surface area contributed by atoms with Gasteiger partial charge >= 0.3 is 5.69 Å². The minimum absolute atomic E-state index is 0.0491. The second-order valence-corrected chi connectivity index (χ2v) is 6.29. The van der Waals surface area contributed by atoms with Crippen molar-refractivity contribution < 1.29 is 4.79 Å². The molecule has 22 heavy (non-hydrogen) atoms. The summed E-state index contributed by atoms with van der Waals surface area (Å²) in [6.07, 6.45) is 0.597. The van der Waals surface area contributed by atoms with Gasteiger partial charge in [0.05, 0.1) is 0 Å². The van der Waals surface area contributed by atoms with E-state index in [1.165, 1.54) is 15.9 Å². The number of carbonyl (C=O) groups is 1. The third-order valence-corrected chi connectivity index (χ3v) is 3.99. The number of thiophene rings is 1. The predicted octanol–water partition coefficient (Wildman–Crippen LogP) is 1.47. The van der Waals surface area contributed by atoms with Crippen LogP contribution in [-0.4, -0.2) is 25.4 Å². The Hall–Kier alpha value is -2.48. The summed E-state index contributed by atoms with van der Waals surface area (Å²) in [7, 11) is 0. The van der Waals surface area contributed by atoms with Gasteiger partial charge in [0.25, 0.3) is 5.91 Å². The fraction of sp³-hybridized carbons (Fsp3) is 0.286. The van der Waals surface area contributed by atoms with E-state index >= 15 is 0 Å². The van der Waals surface area contributed by atoms with E-state index in [4.69, 9.17) is 5.73 Å². The van der Waals surface area contributed by atoms with Gasteiger partial charge in [0.1, 0.15) is 16.3 Å². The van der Waals surface area contributed by atoms with Crippen LogP contribution in [0.25, 0.3) is 16.2 Å². The second kappa shape index (κ2) is 5.38. The van der Waals surface area contributed by atoms with Gasteiger partial charge in [-0.15, -0.1) is 11.3 Å². The van der Waals surface area contributed by atoms with Crippen molar-refractivity contribution in [2.75, 3.05) is 0 Å². The maximum absolute atomic E-state index is 12.2. The lowest BCUT2D eigenvalue weighted by molar-refractivity contribution is 0.0996. The summed E-state index contributed by atoms with van der Waals surface area (Å²) < 4.78 is 1.44. The van der Waals surface area contributed by atoms with Crippen molar-refractivity contribution in [3.63, 3.8) is 0 Å². The van der Waals surface area contributed by atoms with Gasteiger partial charge in [0.15, 0.2) is 11.3 Å². The molecule has 0 fully saturated rings. The number of fused-ring (bicyclic) bond motifs is 1. The number of hydrogen-bond donors (Lipinski definition) is 2. The fourth-order valence-corrected chi connectivity index (χ4v) is 2.99. The van der Waals surface area contributed by atoms with Crippen molar-refractivity contribution in [3.8, 4) is 5.00 Å². The highest BCUT2D eigenvalue weighted by atomic mass is 32.1. The quantitative estimate of drug-likeness (QED) is 0.759. The molecule has 7 nitrogen and oxygen atoms in total. The maximum atomic E-state index is 12.2. The van der Waals surface area contributed by atoms with Crippen LogP contribution in [0.5, 0.6) is 0 Å². The van der Waals surface area contributed by atoms with Crippen molar-refractivity contribution in [1.82, 2.24) is 19.5 Å². The van der Waals surface area contributed by atoms with Gasteiger partial charge in [0, 0.05) is 6.42 Å². The van der Waals surface area contributed by atoms with Crippen molar-refractivity contribution in [1.29, 1.82) is 0 Å². The van der Waals surface area contributed by atoms with Gasteiger partial charge < -0.3 is 10.7 Å². The molecule has 0 saturated carbocycles. The van der Waals surface area contributed by atoms with Crippen molar-refractivity contribution in [2.45, 2.75) is 20.3 Å². The van der Waals surface area contributed by atoms with Gasteiger partial charge in [-0.05, 0) is 23.4 Å². The first-order valence-electron chi connectivity index (χ1n) is 6.82. The molecule has 0 aliphatic heterocycles. The number of primary amides is 1. The number of aromatic nitrogens is 4. The molecule has 3 heterocycles. The number of rotatable bonds is 4. The predicted molar refractivity (Wildman–Crippen MR) is 84.4 cm³/mol. The molecule has 0 saturated heterocycles. The molecule has 8 heteroatoms. The first-order chi connectivity index (χ1) is 10.5. The molecule has 0 aromatic carbocycles. The number of hydrogen-bond acceptors (Lipinski definition) is 5. The van der Waals surface area contributed by atoms with Gasteiger partial charge in [-0.1, -0.05) is 13.8 Å². The summed E-state index contributed by atoms with van der Waals surface area (Å²) in [5.74, 6) is 0.136. The van der Waals surface area contributed by atoms with Crippen molar-refractivity contribution in [3.05, 3.63) is 39.5 Å².